The summed E-state index contributed by atoms with van der Waals surface area (Å²) in [6.45, 7) is 0. The molecule has 0 fully saturated rings. The van der Waals surface area contributed by atoms with Crippen LogP contribution in [-0.2, 0) is 12.8 Å². The molecule has 18 heavy (non-hydrogen) atoms. The second-order valence-electron chi connectivity index (χ2n) is 4.84. The van der Waals surface area contributed by atoms with E-state index in [4.69, 9.17) is 11.6 Å². The van der Waals surface area contributed by atoms with E-state index in [0.717, 1.165) is 17.5 Å². The first kappa shape index (κ1) is 11.8. The van der Waals surface area contributed by atoms with Crippen LogP contribution < -0.4 is 0 Å². The van der Waals surface area contributed by atoms with Crippen molar-refractivity contribution in [2.24, 2.45) is 0 Å². The fourth-order valence-electron chi connectivity index (χ4n) is 2.63. The van der Waals surface area contributed by atoms with Crippen molar-refractivity contribution in [1.29, 1.82) is 0 Å². The van der Waals surface area contributed by atoms with Crippen LogP contribution in [0.5, 0.6) is 0 Å². The Balaban J connectivity index is 1.95. The van der Waals surface area contributed by atoms with Gasteiger partial charge in [-0.15, -0.1) is 0 Å². The fraction of sp³-hybridized carbons (Fsp3) is 0.250. The van der Waals surface area contributed by atoms with Gasteiger partial charge in [0.15, 0.2) is 0 Å². The normalized spacial score (nSPS) is 15.4. The molecule has 1 aliphatic rings. The lowest BCUT2D eigenvalue weighted by Crippen LogP contribution is -2.00. The molecule has 0 heterocycles. The first-order valence-corrected chi connectivity index (χ1v) is 6.67. The Kier molecular flexibility index (Phi) is 3.11. The number of aliphatic hydroxyl groups excluding tert-OH is 1. The summed E-state index contributed by atoms with van der Waals surface area (Å²) in [4.78, 5) is 0. The van der Waals surface area contributed by atoms with Crippen molar-refractivity contribution in [3.8, 4) is 0 Å². The van der Waals surface area contributed by atoms with Crippen molar-refractivity contribution in [3.63, 3.8) is 0 Å². The Hall–Kier alpha value is -1.31. The van der Waals surface area contributed by atoms with Gasteiger partial charge in [0.1, 0.15) is 6.10 Å². The Bertz CT molecular complexity index is 577. The number of hydrogen-bond acceptors (Lipinski definition) is 1. The van der Waals surface area contributed by atoms with Gasteiger partial charge in [0, 0.05) is 5.02 Å². The average Bonchev–Trinajstić information content (AvgIpc) is 2.85. The predicted octanol–water partition coefficient (Wildman–Crippen LogP) is 3.91. The van der Waals surface area contributed by atoms with Crippen LogP contribution in [-0.4, -0.2) is 5.11 Å². The maximum Gasteiger partial charge on any atom is 0.104 e. The summed E-state index contributed by atoms with van der Waals surface area (Å²) in [6.07, 6.45) is 2.94. The third kappa shape index (κ3) is 2.16. The van der Waals surface area contributed by atoms with Crippen LogP contribution in [0.25, 0.3) is 0 Å². The van der Waals surface area contributed by atoms with Gasteiger partial charge in [0.2, 0.25) is 0 Å². The predicted molar refractivity (Wildman–Crippen MR) is 74.0 cm³/mol. The van der Waals surface area contributed by atoms with Gasteiger partial charge in [-0.05, 0) is 53.6 Å². The Labute approximate surface area is 112 Å². The van der Waals surface area contributed by atoms with Gasteiger partial charge in [-0.3, -0.25) is 0 Å². The highest BCUT2D eigenvalue weighted by Crippen LogP contribution is 2.29. The van der Waals surface area contributed by atoms with Crippen LogP contribution >= 0.6 is 11.6 Å². The largest absolute Gasteiger partial charge is 0.384 e. The summed E-state index contributed by atoms with van der Waals surface area (Å²) in [5, 5.41) is 11.0. The minimum Gasteiger partial charge on any atom is -0.384 e. The van der Waals surface area contributed by atoms with Crippen LogP contribution in [0, 0.1) is 0 Å². The minimum atomic E-state index is -0.588. The molecule has 1 atom stereocenters. The van der Waals surface area contributed by atoms with Crippen molar-refractivity contribution in [1.82, 2.24) is 0 Å². The second kappa shape index (κ2) is 4.75. The fourth-order valence-corrected chi connectivity index (χ4v) is 2.83. The third-order valence-corrected chi connectivity index (χ3v) is 3.84. The molecule has 2 aromatic rings. The lowest BCUT2D eigenvalue weighted by molar-refractivity contribution is 0.220. The number of aliphatic hydroxyl groups is 1. The standard InChI is InChI=1S/C16H15ClO/c17-15-6-2-5-13(10-15)16(18)14-8-7-11-3-1-4-12(11)9-14/h2,5-10,16,18H,1,3-4H2. The highest BCUT2D eigenvalue weighted by Gasteiger charge is 2.15. The van der Waals surface area contributed by atoms with Gasteiger partial charge in [-0.2, -0.15) is 0 Å². The number of hydrogen-bond donors (Lipinski definition) is 1. The van der Waals surface area contributed by atoms with Crippen molar-refractivity contribution in [3.05, 3.63) is 69.7 Å². The molecule has 0 aliphatic heterocycles. The molecule has 0 saturated carbocycles. The second-order valence-corrected chi connectivity index (χ2v) is 5.28. The van der Waals surface area contributed by atoms with E-state index in [1.807, 2.05) is 30.3 Å². The molecule has 0 aromatic heterocycles. The zero-order chi connectivity index (χ0) is 12.5. The molecule has 2 aromatic carbocycles. The molecule has 2 heteroatoms. The van der Waals surface area contributed by atoms with E-state index in [9.17, 15) is 5.11 Å². The molecule has 0 amide bonds. The monoisotopic (exact) mass is 258 g/mol. The van der Waals surface area contributed by atoms with E-state index in [0.29, 0.717) is 5.02 Å². The molecule has 1 aliphatic carbocycles. The van der Waals surface area contributed by atoms with Crippen LogP contribution in [0.2, 0.25) is 5.02 Å². The zero-order valence-corrected chi connectivity index (χ0v) is 10.8. The first-order chi connectivity index (χ1) is 8.74. The maximum atomic E-state index is 10.4. The molecule has 1 unspecified atom stereocenters. The van der Waals surface area contributed by atoms with Crippen LogP contribution in [0.4, 0.5) is 0 Å². The Morgan fingerprint density at radius 2 is 1.72 bits per heavy atom. The quantitative estimate of drug-likeness (QED) is 0.866. The van der Waals surface area contributed by atoms with Crippen LogP contribution in [0.1, 0.15) is 34.8 Å². The molecule has 0 radical (unpaired) electrons. The van der Waals surface area contributed by atoms with Gasteiger partial charge >= 0.3 is 0 Å². The van der Waals surface area contributed by atoms with E-state index in [1.54, 1.807) is 0 Å². The number of halogens is 1. The van der Waals surface area contributed by atoms with Crippen molar-refractivity contribution in [2.45, 2.75) is 25.4 Å². The van der Waals surface area contributed by atoms with Crippen molar-refractivity contribution in [2.75, 3.05) is 0 Å². The molecule has 3 rings (SSSR count). The molecule has 1 N–H and O–H groups in total. The summed E-state index contributed by atoms with van der Waals surface area (Å²) in [5.41, 5.74) is 4.61. The summed E-state index contributed by atoms with van der Waals surface area (Å²) in [7, 11) is 0. The van der Waals surface area contributed by atoms with Crippen LogP contribution in [0.15, 0.2) is 42.5 Å². The van der Waals surface area contributed by atoms with Gasteiger partial charge in [0.05, 0.1) is 0 Å². The number of rotatable bonds is 2. The SMILES string of the molecule is OC(c1cccc(Cl)c1)c1ccc2c(c1)CCC2. The van der Waals surface area contributed by atoms with E-state index in [2.05, 4.69) is 12.1 Å². The van der Waals surface area contributed by atoms with E-state index < -0.39 is 6.10 Å². The van der Waals surface area contributed by atoms with Gasteiger partial charge in [-0.25, -0.2) is 0 Å². The lowest BCUT2D eigenvalue weighted by atomic mass is 9.98. The Morgan fingerprint density at radius 3 is 2.56 bits per heavy atom. The first-order valence-electron chi connectivity index (χ1n) is 6.29. The van der Waals surface area contributed by atoms with Gasteiger partial charge in [-0.1, -0.05) is 41.9 Å². The summed E-state index contributed by atoms with van der Waals surface area (Å²) >= 11 is 5.96. The number of fused-ring (bicyclic) bond motifs is 1. The number of benzene rings is 2. The molecule has 1 nitrogen and oxygen atoms in total. The minimum absolute atomic E-state index is 0.588. The topological polar surface area (TPSA) is 20.2 Å². The van der Waals surface area contributed by atoms with Gasteiger partial charge < -0.3 is 5.11 Å². The van der Waals surface area contributed by atoms with Gasteiger partial charge in [0.25, 0.3) is 0 Å². The average molecular weight is 259 g/mol. The maximum absolute atomic E-state index is 10.4. The van der Waals surface area contributed by atoms with Crippen molar-refractivity contribution >= 4 is 11.6 Å². The molecule has 0 spiro atoms. The zero-order valence-electron chi connectivity index (χ0n) is 10.1. The number of aryl methyl sites for hydroxylation is 2. The molecule has 0 saturated heterocycles. The van der Waals surface area contributed by atoms with E-state index >= 15 is 0 Å². The molecular weight excluding hydrogens is 244 g/mol. The molecular formula is C16H15ClO. The van der Waals surface area contributed by atoms with Crippen LogP contribution in [0.3, 0.4) is 0 Å². The third-order valence-electron chi connectivity index (χ3n) is 3.60. The molecule has 0 bridgehead atoms. The van der Waals surface area contributed by atoms with E-state index in [1.165, 1.54) is 24.0 Å². The Morgan fingerprint density at radius 1 is 0.944 bits per heavy atom. The summed E-state index contributed by atoms with van der Waals surface area (Å²) < 4.78 is 0. The van der Waals surface area contributed by atoms with E-state index in [-0.39, 0.29) is 0 Å². The highest BCUT2D eigenvalue weighted by molar-refractivity contribution is 6.30. The lowest BCUT2D eigenvalue weighted by Gasteiger charge is -2.13. The summed E-state index contributed by atoms with van der Waals surface area (Å²) in [5.74, 6) is 0. The summed E-state index contributed by atoms with van der Waals surface area (Å²) in [6, 6.07) is 13.7. The highest BCUT2D eigenvalue weighted by atomic mass is 35.5. The smallest absolute Gasteiger partial charge is 0.104 e. The molecule has 92 valence electrons. The van der Waals surface area contributed by atoms with Crippen molar-refractivity contribution < 1.29 is 5.11 Å².